The van der Waals surface area contributed by atoms with Crippen LogP contribution in [0.3, 0.4) is 0 Å². The zero-order chi connectivity index (χ0) is 21.6. The third-order valence-corrected chi connectivity index (χ3v) is 7.13. The molecular formula is C20H28FN5O3S. The van der Waals surface area contributed by atoms with Crippen molar-refractivity contribution in [1.29, 1.82) is 0 Å². The number of carbonyl (C=O) groups is 1. The second kappa shape index (κ2) is 10.1. The fourth-order valence-corrected chi connectivity index (χ4v) is 4.71. The highest BCUT2D eigenvalue weighted by molar-refractivity contribution is 7.89. The maximum Gasteiger partial charge on any atom is 0.242 e. The average Bonchev–Trinajstić information content (AvgIpc) is 2.94. The first-order chi connectivity index (χ1) is 14.4. The Bertz CT molecular complexity index is 959. The molecule has 10 heteroatoms. The molecule has 2 heterocycles. The van der Waals surface area contributed by atoms with Crippen LogP contribution in [0.5, 0.6) is 0 Å². The highest BCUT2D eigenvalue weighted by atomic mass is 32.2. The highest BCUT2D eigenvalue weighted by Crippen LogP contribution is 2.16. The molecule has 1 N–H and O–H groups in total. The summed E-state index contributed by atoms with van der Waals surface area (Å²) >= 11 is 0. The van der Waals surface area contributed by atoms with E-state index in [-0.39, 0.29) is 23.8 Å². The number of sulfonamides is 1. The second-order valence-electron chi connectivity index (χ2n) is 7.48. The van der Waals surface area contributed by atoms with Gasteiger partial charge in [0.2, 0.25) is 15.9 Å². The number of fused-ring (bicyclic) bond motifs is 1. The fourth-order valence-electron chi connectivity index (χ4n) is 3.50. The maximum absolute atomic E-state index is 13.0. The molecule has 8 nitrogen and oxygen atoms in total. The Labute approximate surface area is 176 Å². The van der Waals surface area contributed by atoms with Crippen LogP contribution in [0.25, 0.3) is 0 Å². The van der Waals surface area contributed by atoms with E-state index in [1.807, 2.05) is 0 Å². The van der Waals surface area contributed by atoms with Crippen LogP contribution in [0.1, 0.15) is 43.8 Å². The van der Waals surface area contributed by atoms with Gasteiger partial charge in [-0.2, -0.15) is 0 Å². The van der Waals surface area contributed by atoms with Gasteiger partial charge in [0.25, 0.3) is 0 Å². The molecule has 1 aromatic carbocycles. The van der Waals surface area contributed by atoms with Crippen LogP contribution in [0.15, 0.2) is 29.2 Å². The van der Waals surface area contributed by atoms with E-state index in [9.17, 15) is 17.6 Å². The van der Waals surface area contributed by atoms with Crippen molar-refractivity contribution in [3.05, 3.63) is 41.7 Å². The summed E-state index contributed by atoms with van der Waals surface area (Å²) in [5, 5.41) is 11.4. The molecule has 0 bridgehead atoms. The minimum Gasteiger partial charge on any atom is -0.356 e. The number of nitrogens with one attached hydrogen (secondary N) is 1. The molecule has 1 aromatic heterocycles. The minimum atomic E-state index is -3.70. The van der Waals surface area contributed by atoms with Crippen molar-refractivity contribution in [3.63, 3.8) is 0 Å². The van der Waals surface area contributed by atoms with Gasteiger partial charge in [0.1, 0.15) is 17.5 Å². The Balaban J connectivity index is 1.40. The van der Waals surface area contributed by atoms with E-state index < -0.39 is 15.8 Å². The van der Waals surface area contributed by atoms with Crippen LogP contribution in [0.4, 0.5) is 4.39 Å². The van der Waals surface area contributed by atoms with Gasteiger partial charge in [0.15, 0.2) is 0 Å². The molecule has 164 valence electrons. The van der Waals surface area contributed by atoms with Gasteiger partial charge in [-0.15, -0.1) is 10.2 Å². The van der Waals surface area contributed by atoms with Crippen LogP contribution in [-0.4, -0.2) is 53.5 Å². The number of hydrogen-bond acceptors (Lipinski definition) is 5. The van der Waals surface area contributed by atoms with Gasteiger partial charge >= 0.3 is 0 Å². The first-order valence-corrected chi connectivity index (χ1v) is 11.7. The van der Waals surface area contributed by atoms with Crippen molar-refractivity contribution in [2.45, 2.75) is 56.4 Å². The summed E-state index contributed by atoms with van der Waals surface area (Å²) in [6.07, 6.45) is 5.65. The summed E-state index contributed by atoms with van der Waals surface area (Å²) in [5.74, 6) is 1.31. The molecule has 0 unspecified atom stereocenters. The smallest absolute Gasteiger partial charge is 0.242 e. The Hall–Kier alpha value is -2.33. The largest absolute Gasteiger partial charge is 0.356 e. The molecule has 30 heavy (non-hydrogen) atoms. The number of rotatable bonds is 9. The highest BCUT2D eigenvalue weighted by Gasteiger charge is 2.20. The van der Waals surface area contributed by atoms with Crippen LogP contribution in [-0.2, 0) is 34.2 Å². The van der Waals surface area contributed by atoms with Crippen molar-refractivity contribution in [3.8, 4) is 0 Å². The molecule has 0 spiro atoms. The Morgan fingerprint density at radius 2 is 1.97 bits per heavy atom. The number of benzene rings is 1. The lowest BCUT2D eigenvalue weighted by Crippen LogP contribution is -2.30. The van der Waals surface area contributed by atoms with Crippen molar-refractivity contribution in [2.24, 2.45) is 0 Å². The zero-order valence-corrected chi connectivity index (χ0v) is 18.0. The molecule has 0 radical (unpaired) electrons. The molecule has 0 fully saturated rings. The summed E-state index contributed by atoms with van der Waals surface area (Å²) < 4.78 is 41.2. The molecule has 0 saturated heterocycles. The van der Waals surface area contributed by atoms with Gasteiger partial charge in [-0.25, -0.2) is 17.1 Å². The average molecular weight is 438 g/mol. The lowest BCUT2D eigenvalue weighted by atomic mass is 10.2. The quantitative estimate of drug-likeness (QED) is 0.646. The Morgan fingerprint density at radius 1 is 1.20 bits per heavy atom. The Morgan fingerprint density at radius 3 is 2.73 bits per heavy atom. The molecular weight excluding hydrogens is 409 g/mol. The SMILES string of the molecule is CN(CCCC(=O)NCCc1nnc2n1CCCCC2)S(=O)(=O)c1ccc(F)cc1. The van der Waals surface area contributed by atoms with E-state index in [1.54, 1.807) is 0 Å². The van der Waals surface area contributed by atoms with E-state index >= 15 is 0 Å². The molecule has 0 atom stereocenters. The molecule has 1 aliphatic heterocycles. The number of amides is 1. The van der Waals surface area contributed by atoms with E-state index in [2.05, 4.69) is 20.1 Å². The number of hydrogen-bond donors (Lipinski definition) is 1. The first kappa shape index (κ1) is 22.4. The zero-order valence-electron chi connectivity index (χ0n) is 17.2. The van der Waals surface area contributed by atoms with Crippen LogP contribution < -0.4 is 5.32 Å². The minimum absolute atomic E-state index is 0.0308. The summed E-state index contributed by atoms with van der Waals surface area (Å²) in [7, 11) is -2.24. The fraction of sp³-hybridized carbons (Fsp3) is 0.550. The van der Waals surface area contributed by atoms with E-state index in [0.717, 1.165) is 49.6 Å². The van der Waals surface area contributed by atoms with Crippen LogP contribution >= 0.6 is 0 Å². The summed E-state index contributed by atoms with van der Waals surface area (Å²) in [5.41, 5.74) is 0. The van der Waals surface area contributed by atoms with Gasteiger partial charge in [0.05, 0.1) is 4.90 Å². The maximum atomic E-state index is 13.0. The van der Waals surface area contributed by atoms with Gasteiger partial charge in [0, 0.05) is 45.9 Å². The number of nitrogens with zero attached hydrogens (tertiary/aromatic N) is 4. The first-order valence-electron chi connectivity index (χ1n) is 10.3. The number of halogens is 1. The van der Waals surface area contributed by atoms with Crippen molar-refractivity contribution < 1.29 is 17.6 Å². The third kappa shape index (κ3) is 5.63. The number of aryl methyl sites for hydroxylation is 1. The Kier molecular flexibility index (Phi) is 7.54. The van der Waals surface area contributed by atoms with Gasteiger partial charge in [-0.1, -0.05) is 6.42 Å². The molecule has 1 aliphatic rings. The van der Waals surface area contributed by atoms with Gasteiger partial charge in [-0.3, -0.25) is 4.79 Å². The second-order valence-corrected chi connectivity index (χ2v) is 9.52. The third-order valence-electron chi connectivity index (χ3n) is 5.26. The molecule has 1 amide bonds. The predicted molar refractivity (Wildman–Crippen MR) is 110 cm³/mol. The van der Waals surface area contributed by atoms with Crippen molar-refractivity contribution in [2.75, 3.05) is 20.1 Å². The van der Waals surface area contributed by atoms with Crippen LogP contribution in [0.2, 0.25) is 0 Å². The molecule has 0 aliphatic carbocycles. The van der Waals surface area contributed by atoms with Crippen molar-refractivity contribution in [1.82, 2.24) is 24.4 Å². The summed E-state index contributed by atoms with van der Waals surface area (Å²) in [6.45, 7) is 1.60. The monoisotopic (exact) mass is 437 g/mol. The lowest BCUT2D eigenvalue weighted by molar-refractivity contribution is -0.121. The van der Waals surface area contributed by atoms with E-state index in [4.69, 9.17) is 0 Å². The summed E-state index contributed by atoms with van der Waals surface area (Å²) in [4.78, 5) is 12.1. The number of carbonyl (C=O) groups excluding carboxylic acids is 1. The molecule has 3 rings (SSSR count). The normalized spacial score (nSPS) is 14.4. The predicted octanol–water partition coefficient (Wildman–Crippen LogP) is 1.90. The molecule has 2 aromatic rings. The standard InChI is InChI=1S/C20H28FN5O3S/c1-25(30(28,29)17-10-8-16(21)9-11-17)14-5-7-20(27)22-13-12-19-24-23-18-6-3-2-4-15-26(18)19/h8-11H,2-7,12-15H2,1H3,(H,22,27). The van der Waals surface area contributed by atoms with Crippen molar-refractivity contribution >= 4 is 15.9 Å². The topological polar surface area (TPSA) is 97.2 Å². The van der Waals surface area contributed by atoms with E-state index in [1.165, 1.54) is 29.9 Å². The lowest BCUT2D eigenvalue weighted by Gasteiger charge is -2.17. The molecule has 0 saturated carbocycles. The summed E-state index contributed by atoms with van der Waals surface area (Å²) in [6, 6.07) is 4.70. The van der Waals surface area contributed by atoms with Gasteiger partial charge < -0.3 is 9.88 Å². The van der Waals surface area contributed by atoms with E-state index in [0.29, 0.717) is 19.4 Å². The van der Waals surface area contributed by atoms with Gasteiger partial charge in [-0.05, 0) is 43.5 Å². The van der Waals surface area contributed by atoms with Crippen LogP contribution in [0, 0.1) is 5.82 Å². The number of aromatic nitrogens is 3.